The third-order valence-corrected chi connectivity index (χ3v) is 3.52. The lowest BCUT2D eigenvalue weighted by Crippen LogP contribution is -2.37. The molecule has 3 aromatic rings. The fraction of sp³-hybridized carbons (Fsp3) is 0.188. The summed E-state index contributed by atoms with van der Waals surface area (Å²) in [4.78, 5) is 16.9. The average molecular weight is 337 g/mol. The van der Waals surface area contributed by atoms with E-state index in [0.29, 0.717) is 17.0 Å². The van der Waals surface area contributed by atoms with Crippen LogP contribution in [0.2, 0.25) is 0 Å². The molecule has 0 fully saturated rings. The van der Waals surface area contributed by atoms with Gasteiger partial charge in [-0.3, -0.25) is 4.40 Å². The molecular formula is C16H15N7O2. The first kappa shape index (κ1) is 16.2. The molecule has 126 valence electrons. The topological polar surface area (TPSA) is 119 Å². The number of anilines is 3. The van der Waals surface area contributed by atoms with Crippen molar-refractivity contribution < 1.29 is 9.90 Å². The molecule has 2 aromatic heterocycles. The minimum absolute atomic E-state index is 0.197. The van der Waals surface area contributed by atoms with E-state index in [4.69, 9.17) is 5.26 Å². The number of amides is 1. The molecule has 0 aliphatic carbocycles. The molecule has 0 saturated carbocycles. The molecular weight excluding hydrogens is 322 g/mol. The highest BCUT2D eigenvalue weighted by molar-refractivity contribution is 5.85. The number of hydrogen-bond acceptors (Lipinski definition) is 6. The van der Waals surface area contributed by atoms with Gasteiger partial charge in [0.25, 0.3) is 0 Å². The Hall–Kier alpha value is -3.67. The number of nitrogens with zero attached hydrogens (tertiary/aromatic N) is 6. The lowest BCUT2D eigenvalue weighted by atomic mass is 10.2. The summed E-state index contributed by atoms with van der Waals surface area (Å²) in [6.07, 6.45) is 2.03. The van der Waals surface area contributed by atoms with Crippen LogP contribution in [-0.2, 0) is 0 Å². The van der Waals surface area contributed by atoms with Crippen LogP contribution < -0.4 is 10.2 Å². The van der Waals surface area contributed by atoms with Crippen LogP contribution in [0, 0.1) is 11.3 Å². The van der Waals surface area contributed by atoms with E-state index < -0.39 is 6.09 Å². The van der Waals surface area contributed by atoms with Crippen LogP contribution in [0.1, 0.15) is 19.4 Å². The standard InChI is InChI=1S/C16H15N7O2/c1-10(2)23(16(24)25)15-21-20-14-13(18-7-8-22(14)15)19-12-5-3-11(9-17)4-6-12/h3-8,10H,1-2H3,(H,18,19)(H,24,25). The normalized spacial score (nSPS) is 10.6. The summed E-state index contributed by atoms with van der Waals surface area (Å²) in [5, 5.41) is 29.4. The summed E-state index contributed by atoms with van der Waals surface area (Å²) in [6, 6.07) is 8.62. The van der Waals surface area contributed by atoms with Crippen molar-refractivity contribution in [2.75, 3.05) is 10.2 Å². The van der Waals surface area contributed by atoms with Gasteiger partial charge in [0.1, 0.15) is 0 Å². The fourth-order valence-corrected chi connectivity index (χ4v) is 2.37. The number of carbonyl (C=O) groups is 1. The van der Waals surface area contributed by atoms with Gasteiger partial charge in [0, 0.05) is 24.1 Å². The van der Waals surface area contributed by atoms with Crippen molar-refractivity contribution >= 4 is 29.2 Å². The van der Waals surface area contributed by atoms with E-state index in [1.807, 2.05) is 0 Å². The Bertz CT molecular complexity index is 957. The third-order valence-electron chi connectivity index (χ3n) is 3.52. The molecule has 9 nitrogen and oxygen atoms in total. The second kappa shape index (κ2) is 6.45. The monoisotopic (exact) mass is 337 g/mol. The Morgan fingerprint density at radius 1 is 1.32 bits per heavy atom. The molecule has 1 aromatic carbocycles. The second-order valence-electron chi connectivity index (χ2n) is 5.53. The molecule has 0 bridgehead atoms. The number of fused-ring (bicyclic) bond motifs is 1. The molecule has 3 rings (SSSR count). The predicted octanol–water partition coefficient (Wildman–Crippen LogP) is 2.63. The highest BCUT2D eigenvalue weighted by atomic mass is 16.4. The lowest BCUT2D eigenvalue weighted by molar-refractivity contribution is 0.199. The third kappa shape index (κ3) is 3.05. The minimum Gasteiger partial charge on any atom is -0.465 e. The van der Waals surface area contributed by atoms with E-state index in [1.165, 1.54) is 6.20 Å². The Morgan fingerprint density at radius 2 is 2.04 bits per heavy atom. The highest BCUT2D eigenvalue weighted by Crippen LogP contribution is 2.23. The first-order chi connectivity index (χ1) is 12.0. The summed E-state index contributed by atoms with van der Waals surface area (Å²) >= 11 is 0. The Morgan fingerprint density at radius 3 is 2.64 bits per heavy atom. The number of rotatable bonds is 4. The largest absolute Gasteiger partial charge is 0.465 e. The van der Waals surface area contributed by atoms with Crippen LogP contribution >= 0.6 is 0 Å². The lowest BCUT2D eigenvalue weighted by Gasteiger charge is -2.20. The van der Waals surface area contributed by atoms with Crippen molar-refractivity contribution in [1.29, 1.82) is 5.26 Å². The summed E-state index contributed by atoms with van der Waals surface area (Å²) in [7, 11) is 0. The number of benzene rings is 1. The number of aromatic nitrogens is 4. The smallest absolute Gasteiger partial charge is 0.414 e. The van der Waals surface area contributed by atoms with Gasteiger partial charge >= 0.3 is 6.09 Å². The average Bonchev–Trinajstić information content (AvgIpc) is 3.00. The zero-order valence-corrected chi connectivity index (χ0v) is 13.6. The molecule has 0 atom stereocenters. The predicted molar refractivity (Wildman–Crippen MR) is 90.9 cm³/mol. The molecule has 0 spiro atoms. The van der Waals surface area contributed by atoms with E-state index in [9.17, 15) is 9.90 Å². The molecule has 0 radical (unpaired) electrons. The highest BCUT2D eigenvalue weighted by Gasteiger charge is 2.24. The van der Waals surface area contributed by atoms with Crippen molar-refractivity contribution in [3.05, 3.63) is 42.2 Å². The zero-order valence-electron chi connectivity index (χ0n) is 13.6. The first-order valence-electron chi connectivity index (χ1n) is 7.50. The van der Waals surface area contributed by atoms with Crippen LogP contribution in [0.4, 0.5) is 22.2 Å². The molecule has 2 N–H and O–H groups in total. The Labute approximate surface area is 143 Å². The molecule has 0 saturated heterocycles. The molecule has 9 heteroatoms. The molecule has 0 aliphatic heterocycles. The van der Waals surface area contributed by atoms with Crippen molar-refractivity contribution in [1.82, 2.24) is 19.6 Å². The van der Waals surface area contributed by atoms with Crippen molar-refractivity contribution in [2.24, 2.45) is 0 Å². The molecule has 0 unspecified atom stereocenters. The zero-order chi connectivity index (χ0) is 18.0. The Balaban J connectivity index is 2.01. The maximum atomic E-state index is 11.5. The quantitative estimate of drug-likeness (QED) is 0.751. The fourth-order valence-electron chi connectivity index (χ4n) is 2.37. The summed E-state index contributed by atoms with van der Waals surface area (Å²) in [5.41, 5.74) is 1.67. The van der Waals surface area contributed by atoms with Gasteiger partial charge in [-0.15, -0.1) is 10.2 Å². The number of carboxylic acid groups (broad SMARTS) is 1. The second-order valence-corrected chi connectivity index (χ2v) is 5.53. The summed E-state index contributed by atoms with van der Waals surface area (Å²) in [5.74, 6) is 0.628. The maximum absolute atomic E-state index is 11.5. The van der Waals surface area contributed by atoms with Gasteiger partial charge in [0.15, 0.2) is 5.82 Å². The van der Waals surface area contributed by atoms with Gasteiger partial charge in [-0.05, 0) is 38.1 Å². The summed E-state index contributed by atoms with van der Waals surface area (Å²) < 4.78 is 1.56. The van der Waals surface area contributed by atoms with Gasteiger partial charge in [0.05, 0.1) is 11.6 Å². The van der Waals surface area contributed by atoms with Crippen molar-refractivity contribution in [3.63, 3.8) is 0 Å². The molecule has 2 heterocycles. The van der Waals surface area contributed by atoms with Crippen molar-refractivity contribution in [2.45, 2.75) is 19.9 Å². The SMILES string of the molecule is CC(C)N(C(=O)O)c1nnc2c(Nc3ccc(C#N)cc3)nccn12. The molecule has 1 amide bonds. The van der Waals surface area contributed by atoms with Crippen LogP contribution in [0.15, 0.2) is 36.7 Å². The minimum atomic E-state index is -1.11. The van der Waals surface area contributed by atoms with Crippen LogP contribution in [0.5, 0.6) is 0 Å². The number of nitriles is 1. The van der Waals surface area contributed by atoms with Crippen LogP contribution in [-0.4, -0.2) is 36.8 Å². The molecule has 25 heavy (non-hydrogen) atoms. The van der Waals surface area contributed by atoms with E-state index >= 15 is 0 Å². The Kier molecular flexibility index (Phi) is 4.18. The number of hydrogen-bond donors (Lipinski definition) is 2. The van der Waals surface area contributed by atoms with Gasteiger partial charge in [-0.2, -0.15) is 5.26 Å². The van der Waals surface area contributed by atoms with E-state index in [-0.39, 0.29) is 12.0 Å². The van der Waals surface area contributed by atoms with Crippen LogP contribution in [0.3, 0.4) is 0 Å². The van der Waals surface area contributed by atoms with Gasteiger partial charge in [-0.1, -0.05) is 0 Å². The maximum Gasteiger partial charge on any atom is 0.414 e. The van der Waals surface area contributed by atoms with E-state index in [2.05, 4.69) is 26.6 Å². The van der Waals surface area contributed by atoms with E-state index in [0.717, 1.165) is 10.6 Å². The van der Waals surface area contributed by atoms with Crippen molar-refractivity contribution in [3.8, 4) is 6.07 Å². The number of nitrogens with one attached hydrogen (secondary N) is 1. The van der Waals surface area contributed by atoms with E-state index in [1.54, 1.807) is 48.7 Å². The van der Waals surface area contributed by atoms with Gasteiger partial charge in [-0.25, -0.2) is 14.7 Å². The summed E-state index contributed by atoms with van der Waals surface area (Å²) in [6.45, 7) is 3.51. The first-order valence-corrected chi connectivity index (χ1v) is 7.50. The van der Waals surface area contributed by atoms with Crippen LogP contribution in [0.25, 0.3) is 5.65 Å². The van der Waals surface area contributed by atoms with Gasteiger partial charge < -0.3 is 10.4 Å². The molecule has 0 aliphatic rings. The van der Waals surface area contributed by atoms with Gasteiger partial charge in [0.2, 0.25) is 11.6 Å².